The molecule has 23 heteroatoms. The Morgan fingerprint density at radius 3 is 2.21 bits per heavy atom. The number of ether oxygens (including phenoxy) is 1. The predicted octanol–water partition coefficient (Wildman–Crippen LogP) is 6.62. The Balaban J connectivity index is 0.000000218. The molecule has 0 saturated heterocycles. The first kappa shape index (κ1) is 49.6. The van der Waals surface area contributed by atoms with Crippen LogP contribution in [0.15, 0.2) is 61.2 Å². The van der Waals surface area contributed by atoms with Gasteiger partial charge >= 0.3 is 22.8 Å². The molecule has 6 rings (SSSR count). The molecule has 330 valence electrons. The number of fused-ring (bicyclic) bond motifs is 1. The maximum Gasteiger partial charge on any atom is 0.349 e. The summed E-state index contributed by atoms with van der Waals surface area (Å²) in [5.41, 5.74) is 7.17. The monoisotopic (exact) mass is 963 g/mol. The second-order valence-electron chi connectivity index (χ2n) is 13.7. The van der Waals surface area contributed by atoms with E-state index >= 15 is 0 Å². The number of anilines is 1. The fraction of sp³-hybridized carbons (Fsp3) is 0.395. The molecular weight excluding hydrogens is 923 g/mol. The Labute approximate surface area is 371 Å². The number of rotatable bonds is 12. The van der Waals surface area contributed by atoms with E-state index in [-0.39, 0.29) is 57.4 Å². The van der Waals surface area contributed by atoms with Gasteiger partial charge in [-0.3, -0.25) is 33.2 Å². The Morgan fingerprint density at radius 2 is 1.64 bits per heavy atom. The van der Waals surface area contributed by atoms with E-state index in [9.17, 15) is 37.7 Å². The highest BCUT2D eigenvalue weighted by molar-refractivity contribution is 8.00. The van der Waals surface area contributed by atoms with Gasteiger partial charge in [0, 0.05) is 47.0 Å². The van der Waals surface area contributed by atoms with Crippen LogP contribution in [0.2, 0.25) is 10.0 Å². The number of hydrogen-bond donors (Lipinski definition) is 4. The zero-order valence-electron chi connectivity index (χ0n) is 32.8. The maximum atomic E-state index is 14.2. The number of hydrogen-bond acceptors (Lipinski definition) is 12. The van der Waals surface area contributed by atoms with Crippen LogP contribution in [0.3, 0.4) is 0 Å². The summed E-state index contributed by atoms with van der Waals surface area (Å²) in [6.07, 6.45) is 6.32. The molecule has 1 aliphatic carbocycles. The van der Waals surface area contributed by atoms with Gasteiger partial charge in [-0.05, 0) is 105 Å². The van der Waals surface area contributed by atoms with Crippen molar-refractivity contribution in [3.63, 3.8) is 0 Å². The first-order chi connectivity index (χ1) is 28.7. The van der Waals surface area contributed by atoms with Crippen molar-refractivity contribution < 1.29 is 52.8 Å². The second kappa shape index (κ2) is 22.3. The Hall–Kier alpha value is -4.07. The van der Waals surface area contributed by atoms with Gasteiger partial charge < -0.3 is 25.6 Å². The zero-order valence-corrected chi connectivity index (χ0v) is 37.6. The van der Waals surface area contributed by atoms with Crippen molar-refractivity contribution in [3.05, 3.63) is 82.4 Å². The van der Waals surface area contributed by atoms with Crippen LogP contribution in [0.4, 0.5) is 15.8 Å². The number of esters is 1. The third-order valence-corrected chi connectivity index (χ3v) is 13.0. The quantitative estimate of drug-likeness (QED) is 0.0491. The van der Waals surface area contributed by atoms with E-state index in [2.05, 4.69) is 4.99 Å². The van der Waals surface area contributed by atoms with Gasteiger partial charge in [0.25, 0.3) is 11.8 Å². The number of amides is 2. The molecule has 3 heterocycles. The third-order valence-electron chi connectivity index (χ3n) is 9.01. The van der Waals surface area contributed by atoms with Gasteiger partial charge in [-0.1, -0.05) is 34.8 Å². The van der Waals surface area contributed by atoms with Crippen LogP contribution in [0.25, 0.3) is 6.08 Å². The van der Waals surface area contributed by atoms with Gasteiger partial charge in [0.05, 0.1) is 23.1 Å². The number of nitrogens with zero attached hydrogens (tertiary/aromatic N) is 4. The molecule has 3 aromatic rings. The van der Waals surface area contributed by atoms with Crippen molar-refractivity contribution in [2.75, 3.05) is 30.1 Å². The Morgan fingerprint density at radius 1 is 1.02 bits per heavy atom. The largest absolute Gasteiger partial charge is 0.481 e. The lowest BCUT2D eigenvalue weighted by atomic mass is 9.93. The lowest BCUT2D eigenvalue weighted by molar-refractivity contribution is -0.139. The van der Waals surface area contributed by atoms with Crippen molar-refractivity contribution in [2.45, 2.75) is 75.9 Å². The number of carbonyl (C=O) groups excluding carboxylic acids is 3. The minimum Gasteiger partial charge on any atom is -0.481 e. The van der Waals surface area contributed by atoms with Crippen LogP contribution >= 0.6 is 65.3 Å². The van der Waals surface area contributed by atoms with Crippen molar-refractivity contribution in [2.24, 2.45) is 10.7 Å². The average molecular weight is 965 g/mol. The van der Waals surface area contributed by atoms with E-state index in [1.165, 1.54) is 23.7 Å². The number of nitrogens with two attached hydrogens (primary N) is 1. The predicted molar refractivity (Wildman–Crippen MR) is 232 cm³/mol. The summed E-state index contributed by atoms with van der Waals surface area (Å²) in [6, 6.07) is 6.23. The van der Waals surface area contributed by atoms with Crippen LogP contribution in [0.5, 0.6) is 0 Å². The molecule has 16 nitrogen and oxygen atoms in total. The van der Waals surface area contributed by atoms with E-state index in [1.54, 1.807) is 34.5 Å². The van der Waals surface area contributed by atoms with Crippen molar-refractivity contribution in [1.82, 2.24) is 9.36 Å². The number of aromatic nitrogens is 2. The average Bonchev–Trinajstić information content (AvgIpc) is 3.66. The summed E-state index contributed by atoms with van der Waals surface area (Å²) in [5.74, 6) is -4.16. The fourth-order valence-corrected chi connectivity index (χ4v) is 9.00. The fourth-order valence-electron chi connectivity index (χ4n) is 6.03. The number of carbonyl (C=O) groups is 5. The molecule has 0 bridgehead atoms. The minimum absolute atomic E-state index is 0.0370. The lowest BCUT2D eigenvalue weighted by Gasteiger charge is -2.16. The smallest absolute Gasteiger partial charge is 0.349 e. The second-order valence-corrected chi connectivity index (χ2v) is 19.4. The molecule has 0 fully saturated rings. The lowest BCUT2D eigenvalue weighted by Crippen LogP contribution is -2.31. The molecule has 2 aliphatic heterocycles. The molecule has 1 aromatic heterocycles. The molecule has 2 aromatic carbocycles. The van der Waals surface area contributed by atoms with E-state index in [0.29, 0.717) is 63.0 Å². The van der Waals surface area contributed by atoms with E-state index < -0.39 is 37.1 Å². The number of thioether (sulfide) groups is 1. The van der Waals surface area contributed by atoms with Crippen molar-refractivity contribution in [1.29, 1.82) is 0 Å². The standard InChI is InChI=1S/C19H17Cl2NO4.C14H13ClFN3O3S2.C5H12NO4P/c1-2-26-19(25)16(21)10-11-9-12(7-8-15(11)20)22-17(23)13-5-3-4-6-14(13)18(22)24;15-8-5-9(16)10(6-11(8)23-7-12(20)21)17-13-18-3-1-2-4-19(18)14(22)24-13;1-11(9,10)3-2-4(6)5(7)8/h7-10H,2-6H2,1H3;5-6H,1-4,7H2,(H,20,21);4H,2-3,6H2,1H3,(H,7,8)(H,9,10)/b16-10-;;. The first-order valence-corrected chi connectivity index (χ1v) is 23.9. The topological polar surface area (TPSA) is 241 Å². The molecule has 61 heavy (non-hydrogen) atoms. The minimum atomic E-state index is -3.10. The highest BCUT2D eigenvalue weighted by Crippen LogP contribution is 2.38. The Kier molecular flexibility index (Phi) is 18.2. The summed E-state index contributed by atoms with van der Waals surface area (Å²) in [6.45, 7) is 4.35. The van der Waals surface area contributed by atoms with Gasteiger partial charge in [0.15, 0.2) is 7.37 Å². The molecule has 2 unspecified atom stereocenters. The maximum absolute atomic E-state index is 14.2. The molecule has 0 radical (unpaired) electrons. The molecule has 5 N–H and O–H groups in total. The Bertz CT molecular complexity index is 2420. The number of aliphatic carboxylic acids is 2. The highest BCUT2D eigenvalue weighted by atomic mass is 35.5. The molecule has 3 aliphatic rings. The van der Waals surface area contributed by atoms with Crippen LogP contribution in [0.1, 0.15) is 57.4 Å². The number of benzene rings is 2. The summed E-state index contributed by atoms with van der Waals surface area (Å²) >= 11 is 20.0. The van der Waals surface area contributed by atoms with Gasteiger partial charge in [0.1, 0.15) is 22.6 Å². The van der Waals surface area contributed by atoms with E-state index in [1.807, 2.05) is 0 Å². The summed E-state index contributed by atoms with van der Waals surface area (Å²) in [4.78, 5) is 84.7. The normalized spacial score (nSPS) is 16.7. The van der Waals surface area contributed by atoms with Crippen molar-refractivity contribution >= 4 is 112 Å². The number of carboxylic acid groups (broad SMARTS) is 2. The van der Waals surface area contributed by atoms with Gasteiger partial charge in [-0.2, -0.15) is 0 Å². The highest BCUT2D eigenvalue weighted by Gasteiger charge is 2.39. The van der Waals surface area contributed by atoms with Gasteiger partial charge in [-0.25, -0.2) is 23.8 Å². The van der Waals surface area contributed by atoms with Crippen molar-refractivity contribution in [3.8, 4) is 0 Å². The van der Waals surface area contributed by atoms with Crippen LogP contribution in [-0.4, -0.2) is 85.4 Å². The summed E-state index contributed by atoms with van der Waals surface area (Å²) in [5, 5.41) is 17.4. The van der Waals surface area contributed by atoms with Crippen LogP contribution in [-0.2, 0) is 46.4 Å². The first-order valence-electron chi connectivity index (χ1n) is 18.6. The van der Waals surface area contributed by atoms with E-state index in [0.717, 1.165) is 54.8 Å². The summed E-state index contributed by atoms with van der Waals surface area (Å²) < 4.78 is 33.0. The van der Waals surface area contributed by atoms with E-state index in [4.69, 9.17) is 60.4 Å². The molecule has 2 atom stereocenters. The molecular formula is C38H42Cl3FN5O11PS2. The van der Waals surface area contributed by atoms with Gasteiger partial charge in [0.2, 0.25) is 4.80 Å². The number of halogens is 4. The molecule has 0 saturated carbocycles. The SMILES string of the molecule is CCOC(=O)/C(Cl)=C/c1cc(N2C(=O)C3=C(CCCC3)C2=O)ccc1Cl.CP(=O)(O)CCC(N)C(=O)O.O=C(O)CSc1cc(N=c2sc(=O)n3n2CCCC3)c(F)cc1Cl. The molecule has 2 amide bonds. The molecule has 0 spiro atoms. The summed E-state index contributed by atoms with van der Waals surface area (Å²) in [7, 11) is -3.10. The zero-order chi connectivity index (χ0) is 45.2. The third kappa shape index (κ3) is 13.7. The number of imide groups is 1. The van der Waals surface area contributed by atoms with Crippen LogP contribution in [0, 0.1) is 5.82 Å². The van der Waals surface area contributed by atoms with Gasteiger partial charge in [-0.15, -0.1) is 11.8 Å². The van der Waals surface area contributed by atoms with Crippen LogP contribution < -0.4 is 20.3 Å². The number of carboxylic acids is 2.